The van der Waals surface area contributed by atoms with Gasteiger partial charge in [0.05, 0.1) is 28.6 Å². The quantitative estimate of drug-likeness (QED) is 0.481. The number of likely N-dealkylation sites (tertiary alicyclic amines) is 1. The first kappa shape index (κ1) is 21.2. The molecule has 2 aromatic heterocycles. The third-order valence-corrected chi connectivity index (χ3v) is 7.26. The number of benzene rings is 1. The number of hydrogen-bond acceptors (Lipinski definition) is 6. The van der Waals surface area contributed by atoms with E-state index < -0.39 is 0 Å². The molecule has 1 N–H and O–H groups in total. The maximum atomic E-state index is 13.1. The predicted octanol–water partition coefficient (Wildman–Crippen LogP) is 5.29. The van der Waals surface area contributed by atoms with Crippen molar-refractivity contribution in [1.82, 2.24) is 15.2 Å². The van der Waals surface area contributed by atoms with Crippen LogP contribution >= 0.6 is 23.1 Å². The molecule has 30 heavy (non-hydrogen) atoms. The smallest absolute Gasteiger partial charge is 0.252 e. The summed E-state index contributed by atoms with van der Waals surface area (Å²) in [6.07, 6.45) is 5.37. The van der Waals surface area contributed by atoms with E-state index in [1.165, 1.54) is 19.3 Å². The number of carbonyl (C=O) groups excluding carboxylic acids is 1. The summed E-state index contributed by atoms with van der Waals surface area (Å²) in [7, 11) is 0. The molecule has 1 aliphatic rings. The molecule has 0 saturated carbocycles. The lowest BCUT2D eigenvalue weighted by Gasteiger charge is -2.33. The highest BCUT2D eigenvalue weighted by atomic mass is 32.2. The van der Waals surface area contributed by atoms with E-state index in [4.69, 9.17) is 4.42 Å². The van der Waals surface area contributed by atoms with Crippen LogP contribution in [-0.2, 0) is 5.75 Å². The topological polar surface area (TPSA) is 58.4 Å². The Bertz CT molecular complexity index is 949. The number of nitrogens with zero attached hydrogens (tertiary/aromatic N) is 2. The van der Waals surface area contributed by atoms with Crippen molar-refractivity contribution in [2.75, 3.05) is 19.6 Å². The summed E-state index contributed by atoms with van der Waals surface area (Å²) in [6, 6.07) is 11.8. The van der Waals surface area contributed by atoms with Crippen molar-refractivity contribution in [3.63, 3.8) is 0 Å². The van der Waals surface area contributed by atoms with Crippen molar-refractivity contribution < 1.29 is 9.21 Å². The maximum Gasteiger partial charge on any atom is 0.252 e. The maximum absolute atomic E-state index is 13.1. The standard InChI is InChI=1S/C23H27N3O2S2/c1-17-25-18(15-29-17)16-30-22-10-4-3-8-19(22)23(27)24-14-20(21-9-7-13-28-21)26-11-5-2-6-12-26/h3-4,7-10,13,15,20H,2,5-6,11-12,14,16H2,1H3,(H,24,27). The summed E-state index contributed by atoms with van der Waals surface area (Å²) >= 11 is 3.31. The van der Waals surface area contributed by atoms with Gasteiger partial charge in [-0.05, 0) is 57.1 Å². The molecule has 0 aliphatic carbocycles. The number of thiazole rings is 1. The van der Waals surface area contributed by atoms with Gasteiger partial charge in [0.1, 0.15) is 5.76 Å². The fourth-order valence-corrected chi connectivity index (χ4v) is 5.47. The van der Waals surface area contributed by atoms with Crippen LogP contribution in [0.1, 0.15) is 52.1 Å². The van der Waals surface area contributed by atoms with E-state index in [0.717, 1.165) is 40.2 Å². The molecule has 1 unspecified atom stereocenters. The third kappa shape index (κ3) is 5.33. The van der Waals surface area contributed by atoms with Gasteiger partial charge in [-0.1, -0.05) is 18.6 Å². The average molecular weight is 442 g/mol. The number of amides is 1. The lowest BCUT2D eigenvalue weighted by atomic mass is 10.1. The van der Waals surface area contributed by atoms with E-state index in [9.17, 15) is 4.79 Å². The van der Waals surface area contributed by atoms with Crippen LogP contribution in [0, 0.1) is 6.92 Å². The Morgan fingerprint density at radius 1 is 1.23 bits per heavy atom. The van der Waals surface area contributed by atoms with Crippen molar-refractivity contribution >= 4 is 29.0 Å². The Balaban J connectivity index is 1.42. The van der Waals surface area contributed by atoms with Gasteiger partial charge < -0.3 is 9.73 Å². The van der Waals surface area contributed by atoms with Crippen molar-refractivity contribution in [3.05, 3.63) is 70.1 Å². The van der Waals surface area contributed by atoms with E-state index in [0.29, 0.717) is 12.1 Å². The van der Waals surface area contributed by atoms with Crippen LogP contribution in [0.25, 0.3) is 0 Å². The number of piperidine rings is 1. The zero-order valence-corrected chi connectivity index (χ0v) is 18.8. The van der Waals surface area contributed by atoms with Crippen molar-refractivity contribution in [2.24, 2.45) is 0 Å². The van der Waals surface area contributed by atoms with Gasteiger partial charge in [-0.2, -0.15) is 0 Å². The summed E-state index contributed by atoms with van der Waals surface area (Å²) in [4.78, 5) is 21.0. The second kappa shape index (κ2) is 10.3. The van der Waals surface area contributed by atoms with E-state index in [-0.39, 0.29) is 11.9 Å². The molecule has 1 aromatic carbocycles. The zero-order valence-electron chi connectivity index (χ0n) is 17.2. The van der Waals surface area contributed by atoms with Crippen molar-refractivity contribution in [3.8, 4) is 0 Å². The first-order chi connectivity index (χ1) is 14.7. The Hall–Kier alpha value is -2.09. The first-order valence-corrected chi connectivity index (χ1v) is 12.3. The highest BCUT2D eigenvalue weighted by Crippen LogP contribution is 2.28. The fourth-order valence-electron chi connectivity index (χ4n) is 3.81. The molecule has 3 aromatic rings. The van der Waals surface area contributed by atoms with Gasteiger partial charge in [0.25, 0.3) is 5.91 Å². The van der Waals surface area contributed by atoms with Gasteiger partial charge >= 0.3 is 0 Å². The van der Waals surface area contributed by atoms with Crippen LogP contribution in [0.15, 0.2) is 57.4 Å². The van der Waals surface area contributed by atoms with Crippen LogP contribution < -0.4 is 5.32 Å². The van der Waals surface area contributed by atoms with Gasteiger partial charge in [-0.25, -0.2) is 4.98 Å². The fraction of sp³-hybridized carbons (Fsp3) is 0.391. The summed E-state index contributed by atoms with van der Waals surface area (Å²) < 4.78 is 5.70. The van der Waals surface area contributed by atoms with Crippen LogP contribution in [0.3, 0.4) is 0 Å². The zero-order chi connectivity index (χ0) is 20.8. The molecule has 0 bridgehead atoms. The summed E-state index contributed by atoms with van der Waals surface area (Å²) in [5.74, 6) is 1.64. The Labute approximate surface area is 185 Å². The summed E-state index contributed by atoms with van der Waals surface area (Å²) in [5.41, 5.74) is 1.77. The highest BCUT2D eigenvalue weighted by molar-refractivity contribution is 7.98. The minimum absolute atomic E-state index is 0.0406. The Morgan fingerprint density at radius 2 is 2.07 bits per heavy atom. The minimum atomic E-state index is -0.0406. The number of rotatable bonds is 8. The molecule has 0 radical (unpaired) electrons. The SMILES string of the molecule is Cc1nc(CSc2ccccc2C(=O)NCC(c2ccco2)N2CCCCC2)cs1. The molecule has 1 amide bonds. The number of thioether (sulfide) groups is 1. The number of hydrogen-bond donors (Lipinski definition) is 1. The molecule has 1 atom stereocenters. The molecular formula is C23H27N3O2S2. The molecule has 158 valence electrons. The largest absolute Gasteiger partial charge is 0.468 e. The van der Waals surface area contributed by atoms with Gasteiger partial charge in [0.15, 0.2) is 0 Å². The molecule has 7 heteroatoms. The van der Waals surface area contributed by atoms with Gasteiger partial charge in [0.2, 0.25) is 0 Å². The number of furan rings is 1. The molecular weight excluding hydrogens is 414 g/mol. The Kier molecular flexibility index (Phi) is 7.25. The van der Waals surface area contributed by atoms with Gasteiger partial charge in [-0.3, -0.25) is 9.69 Å². The number of carbonyl (C=O) groups is 1. The number of aromatic nitrogens is 1. The molecule has 3 heterocycles. The third-order valence-electron chi connectivity index (χ3n) is 5.33. The monoisotopic (exact) mass is 441 g/mol. The highest BCUT2D eigenvalue weighted by Gasteiger charge is 2.25. The summed E-state index contributed by atoms with van der Waals surface area (Å²) in [6.45, 7) is 4.64. The average Bonchev–Trinajstić information content (AvgIpc) is 3.45. The van der Waals surface area contributed by atoms with E-state index in [2.05, 4.69) is 20.6 Å². The molecule has 1 saturated heterocycles. The lowest BCUT2D eigenvalue weighted by molar-refractivity contribution is 0.0911. The van der Waals surface area contributed by atoms with E-state index in [1.807, 2.05) is 43.3 Å². The van der Waals surface area contributed by atoms with E-state index >= 15 is 0 Å². The first-order valence-electron chi connectivity index (χ1n) is 10.4. The second-order valence-electron chi connectivity index (χ2n) is 7.48. The van der Waals surface area contributed by atoms with Gasteiger partial charge in [0, 0.05) is 22.6 Å². The second-order valence-corrected chi connectivity index (χ2v) is 9.56. The molecule has 0 spiro atoms. The van der Waals surface area contributed by atoms with E-state index in [1.54, 1.807) is 29.4 Å². The lowest BCUT2D eigenvalue weighted by Crippen LogP contribution is -2.40. The minimum Gasteiger partial charge on any atom is -0.468 e. The van der Waals surface area contributed by atoms with Crippen molar-refractivity contribution in [1.29, 1.82) is 0 Å². The molecule has 1 fully saturated rings. The molecule has 1 aliphatic heterocycles. The number of aryl methyl sites for hydroxylation is 1. The van der Waals surface area contributed by atoms with Crippen LogP contribution in [0.4, 0.5) is 0 Å². The van der Waals surface area contributed by atoms with Gasteiger partial charge in [-0.15, -0.1) is 23.1 Å². The Morgan fingerprint density at radius 3 is 2.80 bits per heavy atom. The number of nitrogens with one attached hydrogen (secondary N) is 1. The van der Waals surface area contributed by atoms with Crippen molar-refractivity contribution in [2.45, 2.75) is 42.9 Å². The normalized spacial score (nSPS) is 15.8. The molecule has 5 nitrogen and oxygen atoms in total. The summed E-state index contributed by atoms with van der Waals surface area (Å²) in [5, 5.41) is 6.31. The van der Waals surface area contributed by atoms with Crippen LogP contribution in [0.2, 0.25) is 0 Å². The predicted molar refractivity (Wildman–Crippen MR) is 122 cm³/mol. The molecule has 4 rings (SSSR count). The van der Waals surface area contributed by atoms with Crippen LogP contribution in [0.5, 0.6) is 0 Å². The van der Waals surface area contributed by atoms with Crippen LogP contribution in [-0.4, -0.2) is 35.4 Å².